The van der Waals surface area contributed by atoms with Gasteiger partial charge in [0.15, 0.2) is 0 Å². The van der Waals surface area contributed by atoms with E-state index in [0.717, 1.165) is 36.3 Å². The van der Waals surface area contributed by atoms with E-state index in [2.05, 4.69) is 0 Å². The zero-order chi connectivity index (χ0) is 19.7. The molecule has 0 heterocycles. The Morgan fingerprint density at radius 3 is 2.26 bits per heavy atom. The van der Waals surface area contributed by atoms with E-state index < -0.39 is 29.4 Å². The number of aliphatic hydroxyl groups excluding tert-OH is 1. The third-order valence-corrected chi connectivity index (χ3v) is 4.54. The number of allylic oxidation sites excluding steroid dienone is 2. The van der Waals surface area contributed by atoms with Gasteiger partial charge in [0.05, 0.1) is 5.56 Å². The molecule has 0 amide bonds. The monoisotopic (exact) mass is 381 g/mol. The van der Waals surface area contributed by atoms with Crippen molar-refractivity contribution in [2.24, 2.45) is 0 Å². The molecule has 1 aliphatic rings. The van der Waals surface area contributed by atoms with Crippen molar-refractivity contribution in [2.75, 3.05) is 5.73 Å². The summed E-state index contributed by atoms with van der Waals surface area (Å²) in [5, 5.41) is 10.3. The first-order valence-corrected chi connectivity index (χ1v) is 8.24. The average molecular weight is 381 g/mol. The first-order valence-electron chi connectivity index (χ1n) is 8.24. The molecule has 2 aromatic carbocycles. The van der Waals surface area contributed by atoms with Crippen LogP contribution in [-0.2, 0) is 0 Å². The molecule has 1 saturated carbocycles. The van der Waals surface area contributed by atoms with Gasteiger partial charge in [-0.15, -0.1) is 0 Å². The molecule has 0 bridgehead atoms. The van der Waals surface area contributed by atoms with E-state index in [0.29, 0.717) is 12.8 Å². The number of rotatable bonds is 4. The summed E-state index contributed by atoms with van der Waals surface area (Å²) in [6, 6.07) is 5.03. The Bertz CT molecular complexity index is 944. The minimum Gasteiger partial charge on any atom is -0.508 e. The normalized spacial score (nSPS) is 14.4. The van der Waals surface area contributed by atoms with Crippen LogP contribution in [0.2, 0.25) is 0 Å². The number of anilines is 1. The Kier molecular flexibility index (Phi) is 5.21. The van der Waals surface area contributed by atoms with Gasteiger partial charge >= 0.3 is 0 Å². The fraction of sp³-hybridized carbons (Fsp3) is 0.200. The molecule has 27 heavy (non-hydrogen) atoms. The van der Waals surface area contributed by atoms with Gasteiger partial charge in [0.1, 0.15) is 23.2 Å². The Morgan fingerprint density at radius 2 is 1.70 bits per heavy atom. The smallest absolute Gasteiger partial charge is 0.269 e. The third kappa shape index (κ3) is 3.67. The number of hydrogen-bond donors (Lipinski definition) is 2. The van der Waals surface area contributed by atoms with Crippen LogP contribution >= 0.6 is 0 Å². The molecule has 1 fully saturated rings. The number of hydrogen-bond acceptors (Lipinski definition) is 2. The standard InChI is InChI=1S/C20H16F5NO/c21-11-4-5-12(16(26)8-11)14(9-17(27)10-2-1-3-10)13-6-7-15(22)18(19(13)23)20(24)25/h4-9,20,27H,1-3,26H2/b14-9-. The van der Waals surface area contributed by atoms with Gasteiger partial charge in [-0.25, -0.2) is 22.0 Å². The Hall–Kier alpha value is -2.83. The maximum atomic E-state index is 14.7. The fourth-order valence-corrected chi connectivity index (χ4v) is 2.91. The zero-order valence-corrected chi connectivity index (χ0v) is 14.1. The first kappa shape index (κ1) is 18.9. The molecule has 0 unspecified atom stereocenters. The average Bonchev–Trinajstić information content (AvgIpc) is 2.51. The lowest BCUT2D eigenvalue weighted by Crippen LogP contribution is -2.05. The molecular formula is C20H16F5NO. The molecule has 2 aromatic rings. The van der Waals surface area contributed by atoms with Crippen LogP contribution in [0.3, 0.4) is 0 Å². The zero-order valence-electron chi connectivity index (χ0n) is 14.1. The van der Waals surface area contributed by atoms with Crippen molar-refractivity contribution in [1.82, 2.24) is 0 Å². The first-order chi connectivity index (χ1) is 12.8. The number of aliphatic hydroxyl groups is 1. The van der Waals surface area contributed by atoms with Crippen LogP contribution in [0.1, 0.15) is 42.4 Å². The summed E-state index contributed by atoms with van der Waals surface area (Å²) >= 11 is 0. The molecule has 0 spiro atoms. The highest BCUT2D eigenvalue weighted by Crippen LogP contribution is 2.37. The molecule has 7 heteroatoms. The van der Waals surface area contributed by atoms with Crippen molar-refractivity contribution >= 4 is 11.3 Å². The van der Waals surface area contributed by atoms with Crippen molar-refractivity contribution < 1.29 is 27.1 Å². The molecule has 0 atom stereocenters. The van der Waals surface area contributed by atoms with E-state index in [9.17, 15) is 27.1 Å². The summed E-state index contributed by atoms with van der Waals surface area (Å²) in [6.45, 7) is 0. The van der Waals surface area contributed by atoms with Crippen molar-refractivity contribution in [3.63, 3.8) is 0 Å². The molecule has 3 rings (SSSR count). The predicted molar refractivity (Wildman–Crippen MR) is 92.7 cm³/mol. The number of halogens is 5. The SMILES string of the molecule is Nc1cc(F)ccc1/C(=C/C(O)=C1CCC1)c1ccc(F)c(C(F)F)c1F. The van der Waals surface area contributed by atoms with Gasteiger partial charge in [-0.3, -0.25) is 0 Å². The van der Waals surface area contributed by atoms with Crippen LogP contribution in [0.5, 0.6) is 0 Å². The van der Waals surface area contributed by atoms with E-state index in [1.807, 2.05) is 0 Å². The molecule has 0 saturated heterocycles. The van der Waals surface area contributed by atoms with Gasteiger partial charge in [0.2, 0.25) is 0 Å². The summed E-state index contributed by atoms with van der Waals surface area (Å²) < 4.78 is 67.9. The minimum absolute atomic E-state index is 0.0381. The van der Waals surface area contributed by atoms with E-state index in [4.69, 9.17) is 5.73 Å². The highest BCUT2D eigenvalue weighted by molar-refractivity contribution is 5.87. The van der Waals surface area contributed by atoms with Crippen molar-refractivity contribution in [1.29, 1.82) is 0 Å². The minimum atomic E-state index is -3.37. The molecular weight excluding hydrogens is 365 g/mol. The molecule has 2 nitrogen and oxygen atoms in total. The summed E-state index contributed by atoms with van der Waals surface area (Å²) in [7, 11) is 0. The number of nitrogen functional groups attached to an aromatic ring is 1. The van der Waals surface area contributed by atoms with Crippen molar-refractivity contribution in [3.05, 3.63) is 81.9 Å². The van der Waals surface area contributed by atoms with Crippen LogP contribution < -0.4 is 5.73 Å². The molecule has 3 N–H and O–H groups in total. The van der Waals surface area contributed by atoms with Gasteiger partial charge in [0.25, 0.3) is 6.43 Å². The van der Waals surface area contributed by atoms with Crippen molar-refractivity contribution in [2.45, 2.75) is 25.7 Å². The summed E-state index contributed by atoms with van der Waals surface area (Å²) in [5.41, 5.74) is 4.83. The fourth-order valence-electron chi connectivity index (χ4n) is 2.91. The molecule has 0 aliphatic heterocycles. The molecule has 1 aliphatic carbocycles. The lowest BCUT2D eigenvalue weighted by atomic mass is 9.88. The second kappa shape index (κ2) is 7.42. The van der Waals surface area contributed by atoms with E-state index in [1.54, 1.807) is 0 Å². The van der Waals surface area contributed by atoms with Gasteiger partial charge < -0.3 is 10.8 Å². The lowest BCUT2D eigenvalue weighted by molar-refractivity contribution is 0.141. The van der Waals surface area contributed by atoms with Gasteiger partial charge in [-0.05, 0) is 66.8 Å². The molecule has 142 valence electrons. The maximum absolute atomic E-state index is 14.7. The predicted octanol–water partition coefficient (Wildman–Crippen LogP) is 6.05. The summed E-state index contributed by atoms with van der Waals surface area (Å²) in [6.07, 6.45) is 0.0341. The Morgan fingerprint density at radius 1 is 1.04 bits per heavy atom. The van der Waals surface area contributed by atoms with Gasteiger partial charge in [-0.1, -0.05) is 0 Å². The van der Waals surface area contributed by atoms with Crippen LogP contribution in [0.4, 0.5) is 27.6 Å². The number of nitrogens with two attached hydrogens (primary N) is 1. The van der Waals surface area contributed by atoms with Gasteiger partial charge in [0, 0.05) is 16.8 Å². The van der Waals surface area contributed by atoms with Gasteiger partial charge in [-0.2, -0.15) is 0 Å². The maximum Gasteiger partial charge on any atom is 0.269 e. The quantitative estimate of drug-likeness (QED) is 0.385. The number of alkyl halides is 2. The summed E-state index contributed by atoms with van der Waals surface area (Å²) in [5.74, 6) is -3.60. The van der Waals surface area contributed by atoms with E-state index in [-0.39, 0.29) is 28.1 Å². The van der Waals surface area contributed by atoms with Crippen LogP contribution in [0.15, 0.2) is 47.7 Å². The lowest BCUT2D eigenvalue weighted by Gasteiger charge is -2.19. The molecule has 0 aromatic heterocycles. The Balaban J connectivity index is 2.25. The van der Waals surface area contributed by atoms with Crippen LogP contribution in [0, 0.1) is 17.5 Å². The second-order valence-electron chi connectivity index (χ2n) is 6.26. The van der Waals surface area contributed by atoms with Crippen LogP contribution in [0.25, 0.3) is 5.57 Å². The topological polar surface area (TPSA) is 46.2 Å². The molecule has 0 radical (unpaired) electrons. The third-order valence-electron chi connectivity index (χ3n) is 4.54. The highest BCUT2D eigenvalue weighted by atomic mass is 19.3. The Labute approximate surface area is 152 Å². The number of benzene rings is 2. The van der Waals surface area contributed by atoms with E-state index in [1.165, 1.54) is 12.1 Å². The van der Waals surface area contributed by atoms with Crippen LogP contribution in [-0.4, -0.2) is 5.11 Å². The van der Waals surface area contributed by atoms with E-state index >= 15 is 0 Å². The summed E-state index contributed by atoms with van der Waals surface area (Å²) in [4.78, 5) is 0. The second-order valence-corrected chi connectivity index (χ2v) is 6.26. The largest absolute Gasteiger partial charge is 0.508 e. The highest BCUT2D eigenvalue weighted by Gasteiger charge is 2.25. The van der Waals surface area contributed by atoms with Crippen molar-refractivity contribution in [3.8, 4) is 0 Å².